The Morgan fingerprint density at radius 1 is 1.26 bits per heavy atom. The van der Waals surface area contributed by atoms with E-state index >= 15 is 0 Å². The van der Waals surface area contributed by atoms with Crippen molar-refractivity contribution in [2.75, 3.05) is 20.3 Å². The Morgan fingerprint density at radius 3 is 2.52 bits per heavy atom. The first-order valence-corrected chi connectivity index (χ1v) is 12.5. The molecule has 1 saturated heterocycles. The molecule has 2 fully saturated rings. The third-order valence-electron chi connectivity index (χ3n) is 6.31. The van der Waals surface area contributed by atoms with Crippen molar-refractivity contribution < 1.29 is 22.7 Å². The summed E-state index contributed by atoms with van der Waals surface area (Å²) in [6.45, 7) is 7.86. The number of aromatic nitrogens is 2. The SMILES string of the molecule is COC(=O)C1(S(=O)(=O)c2ccc3c(c2)nc(CC(C)(C)C)n3CC2CC2)CCOCC1. The van der Waals surface area contributed by atoms with Crippen LogP contribution in [0.2, 0.25) is 0 Å². The van der Waals surface area contributed by atoms with Gasteiger partial charge in [-0.05, 0) is 42.4 Å². The number of rotatable bonds is 6. The van der Waals surface area contributed by atoms with Gasteiger partial charge in [-0.25, -0.2) is 13.4 Å². The molecule has 1 aliphatic carbocycles. The highest BCUT2D eigenvalue weighted by Gasteiger charge is 2.53. The summed E-state index contributed by atoms with van der Waals surface area (Å²) in [5, 5.41) is 0. The monoisotopic (exact) mass is 448 g/mol. The van der Waals surface area contributed by atoms with Crippen LogP contribution < -0.4 is 0 Å². The predicted molar refractivity (Wildman–Crippen MR) is 118 cm³/mol. The maximum absolute atomic E-state index is 13.7. The molecule has 8 heteroatoms. The van der Waals surface area contributed by atoms with Gasteiger partial charge in [0.1, 0.15) is 5.82 Å². The molecule has 0 atom stereocenters. The maximum Gasteiger partial charge on any atom is 0.327 e. The number of benzene rings is 1. The van der Waals surface area contributed by atoms with Gasteiger partial charge in [-0.15, -0.1) is 0 Å². The zero-order valence-electron chi connectivity index (χ0n) is 18.8. The normalized spacial score (nSPS) is 19.5. The number of imidazole rings is 1. The van der Waals surface area contributed by atoms with Gasteiger partial charge < -0.3 is 14.0 Å². The number of sulfone groups is 1. The Balaban J connectivity index is 1.80. The lowest BCUT2D eigenvalue weighted by molar-refractivity contribution is -0.146. The lowest BCUT2D eigenvalue weighted by Crippen LogP contribution is -2.51. The highest BCUT2D eigenvalue weighted by atomic mass is 32.2. The van der Waals surface area contributed by atoms with Crippen LogP contribution in [0, 0.1) is 11.3 Å². The number of carbonyl (C=O) groups excluding carboxylic acids is 1. The summed E-state index contributed by atoms with van der Waals surface area (Å²) >= 11 is 0. The summed E-state index contributed by atoms with van der Waals surface area (Å²) in [6, 6.07) is 5.08. The number of hydrogen-bond acceptors (Lipinski definition) is 6. The van der Waals surface area contributed by atoms with E-state index in [9.17, 15) is 13.2 Å². The van der Waals surface area contributed by atoms with Crippen LogP contribution in [0.3, 0.4) is 0 Å². The van der Waals surface area contributed by atoms with Crippen LogP contribution in [0.5, 0.6) is 0 Å². The molecule has 1 aliphatic heterocycles. The van der Waals surface area contributed by atoms with Crippen LogP contribution in [0.15, 0.2) is 23.1 Å². The molecule has 2 aliphatic rings. The summed E-state index contributed by atoms with van der Waals surface area (Å²) in [4.78, 5) is 17.6. The standard InChI is InChI=1S/C23H32N2O5S/c1-22(2,3)14-20-24-18-13-17(7-8-19(18)25(20)15-16-5-6-16)31(27,28)23(21(26)29-4)9-11-30-12-10-23/h7-8,13,16H,5-6,9-12,14-15H2,1-4H3. The van der Waals surface area contributed by atoms with Gasteiger partial charge in [0.05, 0.1) is 23.0 Å². The van der Waals surface area contributed by atoms with E-state index in [1.807, 2.05) is 6.07 Å². The molecule has 31 heavy (non-hydrogen) atoms. The molecule has 0 spiro atoms. The number of hydrogen-bond donors (Lipinski definition) is 0. The Morgan fingerprint density at radius 2 is 1.94 bits per heavy atom. The van der Waals surface area contributed by atoms with Gasteiger partial charge in [-0.3, -0.25) is 4.79 Å². The molecule has 2 aromatic rings. The average Bonchev–Trinajstić information content (AvgIpc) is 3.48. The van der Waals surface area contributed by atoms with Crippen molar-refractivity contribution in [1.82, 2.24) is 9.55 Å². The van der Waals surface area contributed by atoms with Crippen LogP contribution in [-0.4, -0.2) is 49.0 Å². The largest absolute Gasteiger partial charge is 0.468 e. The van der Waals surface area contributed by atoms with Gasteiger partial charge >= 0.3 is 5.97 Å². The minimum absolute atomic E-state index is 0.0641. The van der Waals surface area contributed by atoms with Crippen LogP contribution >= 0.6 is 0 Å². The molecular formula is C23H32N2O5S. The van der Waals surface area contributed by atoms with Crippen LogP contribution in [-0.2, 0) is 37.1 Å². The predicted octanol–water partition coefficient (Wildman–Crippen LogP) is 3.53. The first-order valence-electron chi connectivity index (χ1n) is 11.0. The smallest absolute Gasteiger partial charge is 0.327 e. The number of carbonyl (C=O) groups is 1. The van der Waals surface area contributed by atoms with Crippen molar-refractivity contribution in [3.05, 3.63) is 24.0 Å². The summed E-state index contributed by atoms with van der Waals surface area (Å²) in [7, 11) is -2.75. The highest BCUT2D eigenvalue weighted by Crippen LogP contribution is 2.38. The van der Waals surface area contributed by atoms with Gasteiger partial charge in [0.15, 0.2) is 14.6 Å². The fraction of sp³-hybridized carbons (Fsp3) is 0.652. The van der Waals surface area contributed by atoms with Crippen molar-refractivity contribution in [3.8, 4) is 0 Å². The minimum Gasteiger partial charge on any atom is -0.468 e. The van der Waals surface area contributed by atoms with Crippen molar-refractivity contribution in [2.24, 2.45) is 11.3 Å². The van der Waals surface area contributed by atoms with Crippen molar-refractivity contribution in [1.29, 1.82) is 0 Å². The molecule has 7 nitrogen and oxygen atoms in total. The molecule has 0 radical (unpaired) electrons. The summed E-state index contributed by atoms with van der Waals surface area (Å²) < 4.78 is 38.2. The topological polar surface area (TPSA) is 87.5 Å². The Labute approximate surface area is 184 Å². The second-order valence-electron chi connectivity index (χ2n) is 10.1. The van der Waals surface area contributed by atoms with E-state index in [0.717, 1.165) is 24.3 Å². The van der Waals surface area contributed by atoms with Gasteiger partial charge in [0, 0.05) is 39.0 Å². The van der Waals surface area contributed by atoms with E-state index in [1.165, 1.54) is 20.0 Å². The van der Waals surface area contributed by atoms with Gasteiger partial charge in [-0.2, -0.15) is 0 Å². The van der Waals surface area contributed by atoms with E-state index < -0.39 is 20.6 Å². The first-order chi connectivity index (χ1) is 14.6. The third-order valence-corrected chi connectivity index (χ3v) is 8.79. The molecule has 2 heterocycles. The Kier molecular flexibility index (Phi) is 5.67. The zero-order chi connectivity index (χ0) is 22.4. The highest BCUT2D eigenvalue weighted by molar-refractivity contribution is 7.93. The summed E-state index contributed by atoms with van der Waals surface area (Å²) in [6.07, 6.45) is 3.44. The Hall–Kier alpha value is -1.93. The second-order valence-corrected chi connectivity index (χ2v) is 12.3. The number of esters is 1. The summed E-state index contributed by atoms with van der Waals surface area (Å²) in [5.74, 6) is 0.936. The van der Waals surface area contributed by atoms with E-state index in [2.05, 4.69) is 25.3 Å². The van der Waals surface area contributed by atoms with Crippen molar-refractivity contribution >= 4 is 26.8 Å². The Bertz CT molecular complexity index is 1090. The zero-order valence-corrected chi connectivity index (χ0v) is 19.6. The quantitative estimate of drug-likeness (QED) is 0.628. The van der Waals surface area contributed by atoms with Gasteiger partial charge in [-0.1, -0.05) is 20.8 Å². The van der Waals surface area contributed by atoms with E-state index in [4.69, 9.17) is 14.5 Å². The first kappa shape index (κ1) is 22.3. The number of ether oxygens (including phenoxy) is 2. The lowest BCUT2D eigenvalue weighted by Gasteiger charge is -2.33. The van der Waals surface area contributed by atoms with E-state index in [1.54, 1.807) is 12.1 Å². The van der Waals surface area contributed by atoms with Crippen molar-refractivity contribution in [3.63, 3.8) is 0 Å². The van der Waals surface area contributed by atoms with Crippen LogP contribution in [0.4, 0.5) is 0 Å². The summed E-state index contributed by atoms with van der Waals surface area (Å²) in [5.41, 5.74) is 1.67. The lowest BCUT2D eigenvalue weighted by atomic mass is 9.92. The molecule has 1 aromatic heterocycles. The molecule has 0 bridgehead atoms. The molecular weight excluding hydrogens is 416 g/mol. The molecule has 0 N–H and O–H groups in total. The fourth-order valence-corrected chi connectivity index (χ4v) is 6.37. The maximum atomic E-state index is 13.7. The second kappa shape index (κ2) is 7.89. The van der Waals surface area contributed by atoms with Crippen LogP contribution in [0.25, 0.3) is 11.0 Å². The molecule has 170 valence electrons. The fourth-order valence-electron chi connectivity index (χ4n) is 4.39. The molecule has 4 rings (SSSR count). The molecule has 1 aromatic carbocycles. The van der Waals surface area contributed by atoms with Gasteiger partial charge in [0.2, 0.25) is 0 Å². The minimum atomic E-state index is -3.98. The third kappa shape index (κ3) is 4.12. The van der Waals surface area contributed by atoms with E-state index in [-0.39, 0.29) is 36.4 Å². The number of fused-ring (bicyclic) bond motifs is 1. The van der Waals surface area contributed by atoms with Gasteiger partial charge in [0.25, 0.3) is 0 Å². The molecule has 0 unspecified atom stereocenters. The molecule has 1 saturated carbocycles. The number of methoxy groups -OCH3 is 1. The van der Waals surface area contributed by atoms with Crippen molar-refractivity contribution in [2.45, 2.75) is 69.1 Å². The average molecular weight is 449 g/mol. The molecule has 0 amide bonds. The van der Waals surface area contributed by atoms with Crippen LogP contribution in [0.1, 0.15) is 52.3 Å². The number of nitrogens with zero attached hydrogens (tertiary/aromatic N) is 2. The van der Waals surface area contributed by atoms with E-state index in [0.29, 0.717) is 11.4 Å².